The Labute approximate surface area is 162 Å². The zero-order valence-electron chi connectivity index (χ0n) is 15.2. The van der Waals surface area contributed by atoms with Crippen LogP contribution in [0.15, 0.2) is 18.2 Å². The number of aryl methyl sites for hydroxylation is 1. The van der Waals surface area contributed by atoms with Gasteiger partial charge in [0.1, 0.15) is 0 Å². The lowest BCUT2D eigenvalue weighted by Crippen LogP contribution is -2.41. The Hall–Kier alpha value is -2.35. The largest absolute Gasteiger partial charge is 0.354 e. The van der Waals surface area contributed by atoms with E-state index in [9.17, 15) is 19.2 Å². The van der Waals surface area contributed by atoms with Crippen LogP contribution in [0, 0.1) is 6.92 Å². The molecular weight excluding hydrogens is 366 g/mol. The van der Waals surface area contributed by atoms with E-state index >= 15 is 0 Å². The molecule has 1 aliphatic heterocycles. The van der Waals surface area contributed by atoms with E-state index in [4.69, 9.17) is 0 Å². The third-order valence-electron chi connectivity index (χ3n) is 4.72. The van der Waals surface area contributed by atoms with Gasteiger partial charge in [0.05, 0.1) is 22.6 Å². The summed E-state index contributed by atoms with van der Waals surface area (Å²) in [6.45, 7) is 2.19. The monoisotopic (exact) mass is 389 g/mol. The van der Waals surface area contributed by atoms with Crippen molar-refractivity contribution in [2.45, 2.75) is 32.2 Å². The highest BCUT2D eigenvalue weighted by Gasteiger charge is 2.35. The smallest absolute Gasteiger partial charge is 0.261 e. The molecule has 0 radical (unpaired) electrons. The summed E-state index contributed by atoms with van der Waals surface area (Å²) in [6, 6.07) is 5.47. The lowest BCUT2D eigenvalue weighted by Gasteiger charge is -2.26. The van der Waals surface area contributed by atoms with Gasteiger partial charge >= 0.3 is 0 Å². The number of nitrogens with one attached hydrogen (secondary N) is 2. The Kier molecular flexibility index (Phi) is 6.15. The van der Waals surface area contributed by atoms with Gasteiger partial charge in [0.2, 0.25) is 11.8 Å². The first-order valence-corrected chi connectivity index (χ1v) is 10.2. The number of nitrogens with zero attached hydrogens (tertiary/aromatic N) is 1. The normalized spacial score (nSPS) is 16.1. The van der Waals surface area contributed by atoms with Crippen molar-refractivity contribution in [1.29, 1.82) is 0 Å². The average Bonchev–Trinajstić information content (AvgIpc) is 2.82. The number of hydrogen-bond donors (Lipinski definition) is 2. The molecule has 1 fully saturated rings. The van der Waals surface area contributed by atoms with Gasteiger partial charge in [-0.15, -0.1) is 11.8 Å². The highest BCUT2D eigenvalue weighted by molar-refractivity contribution is 8.00. The maximum atomic E-state index is 12.3. The number of rotatable bonds is 8. The number of benzene rings is 1. The lowest BCUT2D eigenvalue weighted by molar-refractivity contribution is -0.119. The zero-order chi connectivity index (χ0) is 19.4. The summed E-state index contributed by atoms with van der Waals surface area (Å²) in [5.41, 5.74) is 1.74. The van der Waals surface area contributed by atoms with Gasteiger partial charge in [-0.2, -0.15) is 0 Å². The van der Waals surface area contributed by atoms with Crippen LogP contribution in [0.4, 0.5) is 0 Å². The molecule has 1 aromatic rings. The van der Waals surface area contributed by atoms with Crippen molar-refractivity contribution in [2.24, 2.45) is 0 Å². The summed E-state index contributed by atoms with van der Waals surface area (Å²) in [7, 11) is 0. The van der Waals surface area contributed by atoms with E-state index in [1.54, 1.807) is 18.2 Å². The molecule has 1 saturated carbocycles. The summed E-state index contributed by atoms with van der Waals surface area (Å²) >= 11 is 1.25. The van der Waals surface area contributed by atoms with Crippen LogP contribution in [0.2, 0.25) is 0 Å². The Morgan fingerprint density at radius 3 is 2.52 bits per heavy atom. The van der Waals surface area contributed by atoms with Crippen molar-refractivity contribution in [2.75, 3.05) is 24.6 Å². The van der Waals surface area contributed by atoms with Crippen molar-refractivity contribution in [3.05, 3.63) is 34.9 Å². The second-order valence-electron chi connectivity index (χ2n) is 6.85. The predicted octanol–water partition coefficient (Wildman–Crippen LogP) is 1.11. The van der Waals surface area contributed by atoms with Gasteiger partial charge in [0.25, 0.3) is 11.8 Å². The van der Waals surface area contributed by atoms with Gasteiger partial charge in [-0.1, -0.05) is 11.6 Å². The van der Waals surface area contributed by atoms with Crippen LogP contribution in [0.25, 0.3) is 0 Å². The topological polar surface area (TPSA) is 95.6 Å². The zero-order valence-corrected chi connectivity index (χ0v) is 16.1. The van der Waals surface area contributed by atoms with Crippen molar-refractivity contribution in [1.82, 2.24) is 15.5 Å². The van der Waals surface area contributed by atoms with E-state index in [1.807, 2.05) is 6.92 Å². The summed E-state index contributed by atoms with van der Waals surface area (Å²) in [4.78, 5) is 49.3. The summed E-state index contributed by atoms with van der Waals surface area (Å²) in [6.07, 6.45) is 3.23. The Morgan fingerprint density at radius 1 is 1.11 bits per heavy atom. The van der Waals surface area contributed by atoms with E-state index in [2.05, 4.69) is 10.6 Å². The molecule has 1 heterocycles. The minimum atomic E-state index is -0.328. The Balaban J connectivity index is 1.36. The van der Waals surface area contributed by atoms with E-state index in [1.165, 1.54) is 11.8 Å². The van der Waals surface area contributed by atoms with Gasteiger partial charge < -0.3 is 10.6 Å². The highest BCUT2D eigenvalue weighted by atomic mass is 32.2. The molecule has 8 heteroatoms. The van der Waals surface area contributed by atoms with Crippen LogP contribution in [0.1, 0.15) is 45.5 Å². The van der Waals surface area contributed by atoms with Gasteiger partial charge in [-0.3, -0.25) is 24.1 Å². The summed E-state index contributed by atoms with van der Waals surface area (Å²) in [5, 5.41) is 5.61. The maximum Gasteiger partial charge on any atom is 0.261 e. The SMILES string of the molecule is Cc1ccc2c(c1)C(=O)N(CCNC(=O)CSCC(=O)NC1CCC1)C2=O. The first-order chi connectivity index (χ1) is 13.0. The minimum absolute atomic E-state index is 0.0428. The molecule has 0 spiro atoms. The van der Waals surface area contributed by atoms with Crippen molar-refractivity contribution < 1.29 is 19.2 Å². The molecule has 27 heavy (non-hydrogen) atoms. The predicted molar refractivity (Wildman–Crippen MR) is 103 cm³/mol. The molecule has 4 amide bonds. The van der Waals surface area contributed by atoms with Crippen LogP contribution in [-0.4, -0.2) is 59.2 Å². The summed E-state index contributed by atoms with van der Waals surface area (Å²) < 4.78 is 0. The number of hydrogen-bond acceptors (Lipinski definition) is 5. The van der Waals surface area contributed by atoms with Crippen LogP contribution < -0.4 is 10.6 Å². The van der Waals surface area contributed by atoms with E-state index < -0.39 is 0 Å². The van der Waals surface area contributed by atoms with E-state index in [0.29, 0.717) is 17.2 Å². The molecule has 7 nitrogen and oxygen atoms in total. The third-order valence-corrected chi connectivity index (χ3v) is 5.65. The van der Waals surface area contributed by atoms with Gasteiger partial charge in [-0.05, 0) is 38.3 Å². The first kappa shape index (κ1) is 19.4. The number of amides is 4. The number of fused-ring (bicyclic) bond motifs is 1. The molecule has 0 aromatic heterocycles. The molecule has 0 saturated heterocycles. The number of carbonyl (C=O) groups excluding carboxylic acids is 4. The van der Waals surface area contributed by atoms with Gasteiger partial charge in [-0.25, -0.2) is 0 Å². The Morgan fingerprint density at radius 2 is 1.81 bits per heavy atom. The fourth-order valence-corrected chi connectivity index (χ4v) is 3.68. The number of carbonyl (C=O) groups is 4. The fraction of sp³-hybridized carbons (Fsp3) is 0.474. The molecule has 0 unspecified atom stereocenters. The van der Waals surface area contributed by atoms with Crippen LogP contribution in [0.3, 0.4) is 0 Å². The number of imide groups is 1. The van der Waals surface area contributed by atoms with Crippen LogP contribution >= 0.6 is 11.8 Å². The quantitative estimate of drug-likeness (QED) is 0.650. The molecule has 2 aliphatic rings. The van der Waals surface area contributed by atoms with Crippen LogP contribution in [0.5, 0.6) is 0 Å². The average molecular weight is 389 g/mol. The standard InChI is InChI=1S/C19H23N3O4S/c1-12-5-6-14-15(9-12)19(26)22(18(14)25)8-7-20-16(23)10-27-11-17(24)21-13-3-2-4-13/h5-6,9,13H,2-4,7-8,10-11H2,1H3,(H,20,23)(H,21,24). The lowest BCUT2D eigenvalue weighted by atomic mass is 9.93. The van der Waals surface area contributed by atoms with Crippen molar-refractivity contribution >= 4 is 35.4 Å². The molecule has 0 bridgehead atoms. The van der Waals surface area contributed by atoms with Crippen LogP contribution in [-0.2, 0) is 9.59 Å². The highest BCUT2D eigenvalue weighted by Crippen LogP contribution is 2.23. The molecule has 3 rings (SSSR count). The molecule has 1 aromatic carbocycles. The van der Waals surface area contributed by atoms with Gasteiger partial charge in [0.15, 0.2) is 0 Å². The van der Waals surface area contributed by atoms with E-state index in [0.717, 1.165) is 29.7 Å². The molecule has 2 N–H and O–H groups in total. The number of thioether (sulfide) groups is 1. The van der Waals surface area contributed by atoms with Crippen molar-refractivity contribution in [3.63, 3.8) is 0 Å². The second-order valence-corrected chi connectivity index (χ2v) is 7.83. The molecule has 144 valence electrons. The molecule has 1 aliphatic carbocycles. The minimum Gasteiger partial charge on any atom is -0.354 e. The maximum absolute atomic E-state index is 12.3. The second kappa shape index (κ2) is 8.56. The van der Waals surface area contributed by atoms with Crippen molar-refractivity contribution in [3.8, 4) is 0 Å². The van der Waals surface area contributed by atoms with Gasteiger partial charge in [0, 0.05) is 19.1 Å². The molecule has 0 atom stereocenters. The first-order valence-electron chi connectivity index (χ1n) is 9.06. The molecular formula is C19H23N3O4S. The fourth-order valence-electron chi connectivity index (χ4n) is 3.02. The summed E-state index contributed by atoms with van der Waals surface area (Å²) in [5.74, 6) is -0.495. The Bertz CT molecular complexity index is 776. The third kappa shape index (κ3) is 4.68. The van der Waals surface area contributed by atoms with E-state index in [-0.39, 0.29) is 48.2 Å².